The standard InChI is InChI=1S/C14H18N2O2/c1-4-9-15-13(17)14(18)16-12-8-6-5-7-11(12)10(2)3/h4-8,10H,1,9H2,2-3H3,(H,15,17)(H,16,18). The van der Waals surface area contributed by atoms with E-state index in [-0.39, 0.29) is 12.5 Å². The molecule has 1 aromatic rings. The van der Waals surface area contributed by atoms with Crippen molar-refractivity contribution in [2.45, 2.75) is 19.8 Å². The van der Waals surface area contributed by atoms with Crippen molar-refractivity contribution >= 4 is 17.5 Å². The van der Waals surface area contributed by atoms with E-state index in [2.05, 4.69) is 17.2 Å². The zero-order chi connectivity index (χ0) is 13.5. The zero-order valence-electron chi connectivity index (χ0n) is 10.7. The van der Waals surface area contributed by atoms with Crippen LogP contribution in [0.2, 0.25) is 0 Å². The molecule has 2 amide bonds. The topological polar surface area (TPSA) is 58.2 Å². The van der Waals surface area contributed by atoms with Gasteiger partial charge in [0.1, 0.15) is 0 Å². The smallest absolute Gasteiger partial charge is 0.313 e. The van der Waals surface area contributed by atoms with Gasteiger partial charge in [0, 0.05) is 12.2 Å². The van der Waals surface area contributed by atoms with E-state index in [0.29, 0.717) is 5.69 Å². The third-order valence-electron chi connectivity index (χ3n) is 2.44. The fourth-order valence-corrected chi connectivity index (χ4v) is 1.54. The van der Waals surface area contributed by atoms with Crippen LogP contribution in [0, 0.1) is 0 Å². The van der Waals surface area contributed by atoms with E-state index in [1.165, 1.54) is 6.08 Å². The Bertz CT molecular complexity index is 453. The Labute approximate surface area is 107 Å². The van der Waals surface area contributed by atoms with E-state index in [1.807, 2.05) is 32.0 Å². The van der Waals surface area contributed by atoms with Gasteiger partial charge >= 0.3 is 11.8 Å². The second kappa shape index (κ2) is 6.59. The van der Waals surface area contributed by atoms with Crippen LogP contribution in [-0.4, -0.2) is 18.4 Å². The number of nitrogens with one attached hydrogen (secondary N) is 2. The molecule has 4 nitrogen and oxygen atoms in total. The molecule has 0 heterocycles. The first-order chi connectivity index (χ1) is 8.56. The number of hydrogen-bond donors (Lipinski definition) is 2. The molecular weight excluding hydrogens is 228 g/mol. The van der Waals surface area contributed by atoms with Crippen LogP contribution in [0.1, 0.15) is 25.3 Å². The summed E-state index contributed by atoms with van der Waals surface area (Å²) >= 11 is 0. The molecule has 4 heteroatoms. The highest BCUT2D eigenvalue weighted by molar-refractivity contribution is 6.39. The molecule has 18 heavy (non-hydrogen) atoms. The van der Waals surface area contributed by atoms with Crippen molar-refractivity contribution in [2.24, 2.45) is 0 Å². The zero-order valence-corrected chi connectivity index (χ0v) is 10.7. The first-order valence-electron chi connectivity index (χ1n) is 5.85. The molecule has 0 fully saturated rings. The lowest BCUT2D eigenvalue weighted by atomic mass is 10.0. The van der Waals surface area contributed by atoms with E-state index in [0.717, 1.165) is 5.56 Å². The first-order valence-corrected chi connectivity index (χ1v) is 5.85. The van der Waals surface area contributed by atoms with Crippen molar-refractivity contribution in [3.05, 3.63) is 42.5 Å². The van der Waals surface area contributed by atoms with Crippen LogP contribution in [0.15, 0.2) is 36.9 Å². The number of hydrogen-bond acceptors (Lipinski definition) is 2. The number of benzene rings is 1. The average molecular weight is 246 g/mol. The number of carbonyl (C=O) groups excluding carboxylic acids is 2. The maximum atomic E-state index is 11.6. The first kappa shape index (κ1) is 14.0. The summed E-state index contributed by atoms with van der Waals surface area (Å²) in [4.78, 5) is 23.1. The molecule has 1 aromatic carbocycles. The SMILES string of the molecule is C=CCNC(=O)C(=O)Nc1ccccc1C(C)C. The van der Waals surface area contributed by atoms with Gasteiger partial charge in [0.2, 0.25) is 0 Å². The second-order valence-electron chi connectivity index (χ2n) is 4.19. The van der Waals surface area contributed by atoms with Crippen molar-refractivity contribution in [3.63, 3.8) is 0 Å². The lowest BCUT2D eigenvalue weighted by molar-refractivity contribution is -0.136. The molecule has 0 radical (unpaired) electrons. The van der Waals surface area contributed by atoms with Crippen LogP contribution in [0.25, 0.3) is 0 Å². The summed E-state index contributed by atoms with van der Waals surface area (Å²) in [5.41, 5.74) is 1.67. The van der Waals surface area contributed by atoms with Gasteiger partial charge in [0.15, 0.2) is 0 Å². The summed E-state index contributed by atoms with van der Waals surface area (Å²) in [5.74, 6) is -1.05. The minimum absolute atomic E-state index is 0.276. The molecule has 0 atom stereocenters. The van der Waals surface area contributed by atoms with Crippen LogP contribution in [0.3, 0.4) is 0 Å². The number of anilines is 1. The predicted octanol–water partition coefficient (Wildman–Crippen LogP) is 2.05. The Morgan fingerprint density at radius 1 is 1.28 bits per heavy atom. The Balaban J connectivity index is 2.75. The monoisotopic (exact) mass is 246 g/mol. The number of carbonyl (C=O) groups is 2. The molecule has 0 aliphatic rings. The van der Waals surface area contributed by atoms with E-state index in [4.69, 9.17) is 0 Å². The number of para-hydroxylation sites is 1. The van der Waals surface area contributed by atoms with E-state index >= 15 is 0 Å². The van der Waals surface area contributed by atoms with Gasteiger partial charge in [-0.1, -0.05) is 38.1 Å². The molecule has 0 aromatic heterocycles. The highest BCUT2D eigenvalue weighted by Gasteiger charge is 2.14. The predicted molar refractivity (Wildman–Crippen MR) is 72.4 cm³/mol. The molecule has 0 spiro atoms. The minimum Gasteiger partial charge on any atom is -0.344 e. The van der Waals surface area contributed by atoms with Gasteiger partial charge in [-0.2, -0.15) is 0 Å². The third-order valence-corrected chi connectivity index (χ3v) is 2.44. The Kier molecular flexibility index (Phi) is 5.11. The van der Waals surface area contributed by atoms with Gasteiger partial charge in [-0.3, -0.25) is 9.59 Å². The van der Waals surface area contributed by atoms with Gasteiger partial charge in [-0.25, -0.2) is 0 Å². The highest BCUT2D eigenvalue weighted by Crippen LogP contribution is 2.23. The lowest BCUT2D eigenvalue weighted by Gasteiger charge is -2.13. The van der Waals surface area contributed by atoms with Crippen LogP contribution >= 0.6 is 0 Å². The Hall–Kier alpha value is -2.10. The number of rotatable bonds is 4. The molecule has 96 valence electrons. The summed E-state index contributed by atoms with van der Waals surface area (Å²) in [5, 5.41) is 5.05. The van der Waals surface area contributed by atoms with Crippen molar-refractivity contribution in [2.75, 3.05) is 11.9 Å². The molecule has 0 saturated heterocycles. The van der Waals surface area contributed by atoms with Crippen LogP contribution < -0.4 is 10.6 Å². The van der Waals surface area contributed by atoms with Crippen LogP contribution in [0.5, 0.6) is 0 Å². The average Bonchev–Trinajstić information content (AvgIpc) is 2.36. The molecule has 2 N–H and O–H groups in total. The van der Waals surface area contributed by atoms with Gasteiger partial charge in [-0.05, 0) is 17.5 Å². The highest BCUT2D eigenvalue weighted by atomic mass is 16.2. The van der Waals surface area contributed by atoms with E-state index < -0.39 is 11.8 Å². The maximum Gasteiger partial charge on any atom is 0.313 e. The normalized spacial score (nSPS) is 9.94. The minimum atomic E-state index is -0.662. The van der Waals surface area contributed by atoms with E-state index in [1.54, 1.807) is 6.07 Å². The van der Waals surface area contributed by atoms with Crippen molar-refractivity contribution in [1.82, 2.24) is 5.32 Å². The van der Waals surface area contributed by atoms with Gasteiger partial charge in [0.25, 0.3) is 0 Å². The fraction of sp³-hybridized carbons (Fsp3) is 0.286. The third kappa shape index (κ3) is 3.73. The molecule has 0 saturated carbocycles. The molecule has 0 unspecified atom stereocenters. The molecule has 0 bridgehead atoms. The van der Waals surface area contributed by atoms with Gasteiger partial charge in [0.05, 0.1) is 0 Å². The maximum absolute atomic E-state index is 11.6. The van der Waals surface area contributed by atoms with Crippen molar-refractivity contribution in [1.29, 1.82) is 0 Å². The van der Waals surface area contributed by atoms with Crippen LogP contribution in [-0.2, 0) is 9.59 Å². The number of amides is 2. The summed E-state index contributed by atoms with van der Waals surface area (Å²) in [6.45, 7) is 7.80. The van der Waals surface area contributed by atoms with Crippen LogP contribution in [0.4, 0.5) is 5.69 Å². The second-order valence-corrected chi connectivity index (χ2v) is 4.19. The van der Waals surface area contributed by atoms with Crippen molar-refractivity contribution < 1.29 is 9.59 Å². The van der Waals surface area contributed by atoms with Crippen molar-refractivity contribution in [3.8, 4) is 0 Å². The molecule has 0 aliphatic heterocycles. The Morgan fingerprint density at radius 3 is 2.56 bits per heavy atom. The molecule has 1 rings (SSSR count). The Morgan fingerprint density at radius 2 is 1.94 bits per heavy atom. The van der Waals surface area contributed by atoms with E-state index in [9.17, 15) is 9.59 Å². The van der Waals surface area contributed by atoms with Gasteiger partial charge in [-0.15, -0.1) is 6.58 Å². The fourth-order valence-electron chi connectivity index (χ4n) is 1.54. The molecule has 0 aliphatic carbocycles. The quantitative estimate of drug-likeness (QED) is 0.631. The lowest BCUT2D eigenvalue weighted by Crippen LogP contribution is -2.35. The summed E-state index contributed by atoms with van der Waals surface area (Å²) < 4.78 is 0. The summed E-state index contributed by atoms with van der Waals surface area (Å²) in [6, 6.07) is 7.45. The molecular formula is C14H18N2O2. The largest absolute Gasteiger partial charge is 0.344 e. The summed E-state index contributed by atoms with van der Waals surface area (Å²) in [7, 11) is 0. The summed E-state index contributed by atoms with van der Waals surface area (Å²) in [6.07, 6.45) is 1.52. The van der Waals surface area contributed by atoms with Gasteiger partial charge < -0.3 is 10.6 Å².